The fourth-order valence-electron chi connectivity index (χ4n) is 3.22. The van der Waals surface area contributed by atoms with E-state index in [1.54, 1.807) is 6.20 Å². The third-order valence-electron chi connectivity index (χ3n) is 4.59. The molecule has 1 aliphatic heterocycles. The normalized spacial score (nSPS) is 19.7. The highest BCUT2D eigenvalue weighted by atomic mass is 16.2. The van der Waals surface area contributed by atoms with Gasteiger partial charge < -0.3 is 10.3 Å². The van der Waals surface area contributed by atoms with Gasteiger partial charge in [-0.15, -0.1) is 0 Å². The SMILES string of the molecule is O=C(NCCCc1nc2ccccc2[nH]1)C1CC(c2ccccn2)NN1. The molecule has 1 saturated heterocycles. The van der Waals surface area contributed by atoms with Gasteiger partial charge in [0, 0.05) is 19.2 Å². The van der Waals surface area contributed by atoms with E-state index in [0.29, 0.717) is 13.0 Å². The molecule has 4 rings (SSSR count). The summed E-state index contributed by atoms with van der Waals surface area (Å²) >= 11 is 0. The van der Waals surface area contributed by atoms with Crippen molar-refractivity contribution in [3.05, 3.63) is 60.2 Å². The van der Waals surface area contributed by atoms with Gasteiger partial charge in [0.2, 0.25) is 5.91 Å². The van der Waals surface area contributed by atoms with E-state index in [2.05, 4.69) is 31.1 Å². The first-order valence-corrected chi connectivity index (χ1v) is 8.93. The summed E-state index contributed by atoms with van der Waals surface area (Å²) in [5.41, 5.74) is 9.18. The zero-order valence-electron chi connectivity index (χ0n) is 14.4. The number of carbonyl (C=O) groups excluding carboxylic acids is 1. The highest BCUT2D eigenvalue weighted by molar-refractivity contribution is 5.82. The number of aromatic amines is 1. The number of para-hydroxylation sites is 2. The van der Waals surface area contributed by atoms with E-state index >= 15 is 0 Å². The van der Waals surface area contributed by atoms with Crippen LogP contribution in [0.4, 0.5) is 0 Å². The number of hydrogen-bond acceptors (Lipinski definition) is 5. The molecule has 134 valence electrons. The number of imidazole rings is 1. The van der Waals surface area contributed by atoms with Gasteiger partial charge >= 0.3 is 0 Å². The molecule has 0 spiro atoms. The minimum absolute atomic E-state index is 0.0144. The van der Waals surface area contributed by atoms with Gasteiger partial charge in [0.15, 0.2) is 0 Å². The molecular formula is C19H22N6O. The fraction of sp³-hybridized carbons (Fsp3) is 0.316. The number of hydrazine groups is 1. The largest absolute Gasteiger partial charge is 0.355 e. The Morgan fingerprint density at radius 2 is 2.04 bits per heavy atom. The van der Waals surface area contributed by atoms with Crippen LogP contribution in [-0.2, 0) is 11.2 Å². The molecule has 3 heterocycles. The maximum absolute atomic E-state index is 12.3. The molecule has 1 fully saturated rings. The van der Waals surface area contributed by atoms with Crippen LogP contribution in [0.1, 0.15) is 30.4 Å². The number of nitrogens with zero attached hydrogens (tertiary/aromatic N) is 2. The van der Waals surface area contributed by atoms with Crippen molar-refractivity contribution >= 4 is 16.9 Å². The van der Waals surface area contributed by atoms with E-state index in [-0.39, 0.29) is 18.0 Å². The molecule has 4 N–H and O–H groups in total. The second-order valence-corrected chi connectivity index (χ2v) is 6.48. The smallest absolute Gasteiger partial charge is 0.238 e. The first kappa shape index (κ1) is 16.7. The lowest BCUT2D eigenvalue weighted by Gasteiger charge is -2.10. The van der Waals surface area contributed by atoms with Crippen LogP contribution in [0.15, 0.2) is 48.7 Å². The Bertz CT molecular complexity index is 845. The molecule has 2 unspecified atom stereocenters. The summed E-state index contributed by atoms with van der Waals surface area (Å²) in [5, 5.41) is 3.00. The predicted octanol–water partition coefficient (Wildman–Crippen LogP) is 1.61. The number of aromatic nitrogens is 3. The molecule has 1 aromatic carbocycles. The zero-order valence-corrected chi connectivity index (χ0v) is 14.4. The standard InChI is InChI=1S/C19H22N6O/c26-19(17-12-16(24-25-17)13-6-3-4-10-20-13)21-11-5-9-18-22-14-7-1-2-8-15(14)23-18/h1-4,6-8,10,16-17,24-25H,5,9,11-12H2,(H,21,26)(H,22,23). The number of hydrogen-bond donors (Lipinski definition) is 4. The maximum atomic E-state index is 12.3. The van der Waals surface area contributed by atoms with Gasteiger partial charge in [-0.2, -0.15) is 0 Å². The maximum Gasteiger partial charge on any atom is 0.238 e. The second kappa shape index (κ2) is 7.63. The van der Waals surface area contributed by atoms with Gasteiger partial charge in [0.05, 0.1) is 22.8 Å². The molecule has 0 bridgehead atoms. The van der Waals surface area contributed by atoms with Gasteiger partial charge in [0.1, 0.15) is 11.9 Å². The van der Waals surface area contributed by atoms with Crippen molar-refractivity contribution in [3.63, 3.8) is 0 Å². The number of pyridine rings is 1. The lowest BCUT2D eigenvalue weighted by Crippen LogP contribution is -2.43. The molecular weight excluding hydrogens is 328 g/mol. The van der Waals surface area contributed by atoms with Gasteiger partial charge in [-0.25, -0.2) is 15.8 Å². The van der Waals surface area contributed by atoms with Crippen LogP contribution in [-0.4, -0.2) is 33.4 Å². The van der Waals surface area contributed by atoms with Crippen LogP contribution >= 0.6 is 0 Å². The zero-order chi connectivity index (χ0) is 17.8. The molecule has 0 radical (unpaired) electrons. The Hall–Kier alpha value is -2.77. The summed E-state index contributed by atoms with van der Waals surface area (Å²) in [5.74, 6) is 0.969. The number of nitrogens with one attached hydrogen (secondary N) is 4. The van der Waals surface area contributed by atoms with E-state index in [4.69, 9.17) is 0 Å². The molecule has 7 nitrogen and oxygen atoms in total. The highest BCUT2D eigenvalue weighted by Gasteiger charge is 2.30. The van der Waals surface area contributed by atoms with E-state index < -0.39 is 0 Å². The second-order valence-electron chi connectivity index (χ2n) is 6.48. The number of amides is 1. The quantitative estimate of drug-likeness (QED) is 0.507. The summed E-state index contributed by atoms with van der Waals surface area (Å²) in [6.45, 7) is 0.627. The summed E-state index contributed by atoms with van der Waals surface area (Å²) in [7, 11) is 0. The van der Waals surface area contributed by atoms with Gasteiger partial charge in [-0.05, 0) is 37.1 Å². The van der Waals surface area contributed by atoms with Crippen LogP contribution in [0, 0.1) is 0 Å². The average molecular weight is 350 g/mol. The molecule has 1 aliphatic rings. The number of fused-ring (bicyclic) bond motifs is 1. The van der Waals surface area contributed by atoms with Crippen LogP contribution < -0.4 is 16.2 Å². The van der Waals surface area contributed by atoms with Crippen molar-refractivity contribution < 1.29 is 4.79 Å². The van der Waals surface area contributed by atoms with E-state index in [1.807, 2.05) is 42.5 Å². The Kier molecular flexibility index (Phi) is 4.90. The molecule has 2 atom stereocenters. The third-order valence-corrected chi connectivity index (χ3v) is 4.59. The number of rotatable bonds is 6. The molecule has 7 heteroatoms. The minimum Gasteiger partial charge on any atom is -0.355 e. The van der Waals surface area contributed by atoms with E-state index in [1.165, 1.54) is 0 Å². The first-order chi connectivity index (χ1) is 12.8. The van der Waals surface area contributed by atoms with E-state index in [9.17, 15) is 4.79 Å². The Morgan fingerprint density at radius 1 is 1.15 bits per heavy atom. The number of carbonyl (C=O) groups is 1. The van der Waals surface area contributed by atoms with Gasteiger partial charge in [0.25, 0.3) is 0 Å². The lowest BCUT2D eigenvalue weighted by atomic mass is 10.1. The lowest BCUT2D eigenvalue weighted by molar-refractivity contribution is -0.122. The van der Waals surface area contributed by atoms with Crippen molar-refractivity contribution in [2.75, 3.05) is 6.54 Å². The minimum atomic E-state index is -0.242. The Labute approximate surface area is 151 Å². The van der Waals surface area contributed by atoms with Crippen molar-refractivity contribution in [1.82, 2.24) is 31.1 Å². The van der Waals surface area contributed by atoms with Crippen molar-refractivity contribution in [1.29, 1.82) is 0 Å². The van der Waals surface area contributed by atoms with E-state index in [0.717, 1.165) is 35.4 Å². The van der Waals surface area contributed by atoms with Gasteiger partial charge in [-0.1, -0.05) is 18.2 Å². The summed E-state index contributed by atoms with van der Waals surface area (Å²) in [6.07, 6.45) is 4.10. The predicted molar refractivity (Wildman–Crippen MR) is 99.1 cm³/mol. The average Bonchev–Trinajstić information content (AvgIpc) is 3.32. The van der Waals surface area contributed by atoms with Crippen molar-refractivity contribution in [3.8, 4) is 0 Å². The number of H-pyrrole nitrogens is 1. The monoisotopic (exact) mass is 350 g/mol. The molecule has 2 aromatic heterocycles. The number of benzene rings is 1. The molecule has 0 aliphatic carbocycles. The molecule has 1 amide bonds. The van der Waals surface area contributed by atoms with Crippen molar-refractivity contribution in [2.45, 2.75) is 31.3 Å². The fourth-order valence-corrected chi connectivity index (χ4v) is 3.22. The summed E-state index contributed by atoms with van der Waals surface area (Å²) in [4.78, 5) is 24.5. The molecule has 26 heavy (non-hydrogen) atoms. The van der Waals surface area contributed by atoms with Crippen LogP contribution in [0.5, 0.6) is 0 Å². The number of aryl methyl sites for hydroxylation is 1. The third kappa shape index (κ3) is 3.74. The topological polar surface area (TPSA) is 94.7 Å². The van der Waals surface area contributed by atoms with Crippen molar-refractivity contribution in [2.24, 2.45) is 0 Å². The molecule has 3 aromatic rings. The Balaban J connectivity index is 1.22. The van der Waals surface area contributed by atoms with Crippen LogP contribution in [0.25, 0.3) is 11.0 Å². The summed E-state index contributed by atoms with van der Waals surface area (Å²) in [6, 6.07) is 13.6. The molecule has 0 saturated carbocycles. The Morgan fingerprint density at radius 3 is 2.88 bits per heavy atom. The summed E-state index contributed by atoms with van der Waals surface area (Å²) < 4.78 is 0. The van der Waals surface area contributed by atoms with Crippen LogP contribution in [0.3, 0.4) is 0 Å². The van der Waals surface area contributed by atoms with Gasteiger partial charge in [-0.3, -0.25) is 9.78 Å². The first-order valence-electron chi connectivity index (χ1n) is 8.93. The highest BCUT2D eigenvalue weighted by Crippen LogP contribution is 2.20. The van der Waals surface area contributed by atoms with Crippen LogP contribution in [0.2, 0.25) is 0 Å².